The Morgan fingerprint density at radius 2 is 2.42 bits per heavy atom. The van der Waals surface area contributed by atoms with Crippen molar-refractivity contribution >= 4 is 10.9 Å². The number of pyridine rings is 1. The molecule has 0 saturated carbocycles. The first-order valence-electron chi connectivity index (χ1n) is 3.62. The largest absolute Gasteiger partial charge is 0.349 e. The Hall–Kier alpha value is -1.82. The quantitative estimate of drug-likeness (QED) is 0.580. The minimum atomic E-state index is 0.466. The van der Waals surface area contributed by atoms with Crippen molar-refractivity contribution in [3.63, 3.8) is 0 Å². The third kappa shape index (κ3) is 0.857. The molecule has 0 spiro atoms. The Kier molecular flexibility index (Phi) is 1.34. The van der Waals surface area contributed by atoms with Crippen molar-refractivity contribution in [3.8, 4) is 6.07 Å². The molecule has 58 valence electrons. The van der Waals surface area contributed by atoms with Crippen molar-refractivity contribution in [2.45, 2.75) is 0 Å². The Balaban J connectivity index is 2.80. The molecule has 0 bridgehead atoms. The van der Waals surface area contributed by atoms with Crippen LogP contribution in [0.15, 0.2) is 24.5 Å². The molecule has 0 aliphatic rings. The molecule has 3 nitrogen and oxygen atoms in total. The SMILES string of the molecule is Cn1ccc2cc(C#N)ncc21. The molecule has 0 aliphatic heterocycles. The summed E-state index contributed by atoms with van der Waals surface area (Å²) < 4.78 is 1.98. The van der Waals surface area contributed by atoms with Crippen LogP contribution >= 0.6 is 0 Å². The second-order valence-corrected chi connectivity index (χ2v) is 2.67. The van der Waals surface area contributed by atoms with Gasteiger partial charge in [-0.3, -0.25) is 0 Å². The average Bonchev–Trinajstić information content (AvgIpc) is 2.47. The van der Waals surface area contributed by atoms with Crippen LogP contribution < -0.4 is 0 Å². The maximum Gasteiger partial charge on any atom is 0.141 e. The number of nitriles is 1. The van der Waals surface area contributed by atoms with E-state index in [1.54, 1.807) is 12.3 Å². The molecule has 0 saturated heterocycles. The molecule has 0 aliphatic carbocycles. The van der Waals surface area contributed by atoms with Gasteiger partial charge in [0, 0.05) is 18.6 Å². The molecule has 2 rings (SSSR count). The first kappa shape index (κ1) is 6.86. The van der Waals surface area contributed by atoms with Crippen LogP contribution in [0.1, 0.15) is 5.69 Å². The molecule has 2 aromatic heterocycles. The summed E-state index contributed by atoms with van der Waals surface area (Å²) in [4.78, 5) is 3.98. The molecular weight excluding hydrogens is 150 g/mol. The summed E-state index contributed by atoms with van der Waals surface area (Å²) in [5, 5.41) is 9.64. The highest BCUT2D eigenvalue weighted by Crippen LogP contribution is 2.13. The zero-order chi connectivity index (χ0) is 8.55. The number of aromatic nitrogens is 2. The average molecular weight is 157 g/mol. The summed E-state index contributed by atoms with van der Waals surface area (Å²) in [5.41, 5.74) is 1.52. The van der Waals surface area contributed by atoms with Crippen LogP contribution in [0.25, 0.3) is 10.9 Å². The van der Waals surface area contributed by atoms with Gasteiger partial charge in [0.25, 0.3) is 0 Å². The monoisotopic (exact) mass is 157 g/mol. The minimum Gasteiger partial charge on any atom is -0.349 e. The summed E-state index contributed by atoms with van der Waals surface area (Å²) in [6.45, 7) is 0. The molecule has 0 aromatic carbocycles. The number of nitrogens with zero attached hydrogens (tertiary/aromatic N) is 3. The zero-order valence-corrected chi connectivity index (χ0v) is 6.65. The Morgan fingerprint density at radius 1 is 1.58 bits per heavy atom. The Labute approximate surface area is 69.9 Å². The number of rotatable bonds is 0. The van der Waals surface area contributed by atoms with Crippen molar-refractivity contribution in [2.75, 3.05) is 0 Å². The zero-order valence-electron chi connectivity index (χ0n) is 6.65. The van der Waals surface area contributed by atoms with Crippen LogP contribution in [-0.2, 0) is 7.05 Å². The molecule has 0 amide bonds. The van der Waals surface area contributed by atoms with Crippen LogP contribution in [0.5, 0.6) is 0 Å². The minimum absolute atomic E-state index is 0.466. The van der Waals surface area contributed by atoms with Gasteiger partial charge >= 0.3 is 0 Å². The molecule has 0 radical (unpaired) electrons. The van der Waals surface area contributed by atoms with Gasteiger partial charge in [0.15, 0.2) is 0 Å². The molecule has 2 heterocycles. The topological polar surface area (TPSA) is 41.6 Å². The van der Waals surface area contributed by atoms with Crippen LogP contribution in [0.2, 0.25) is 0 Å². The van der Waals surface area contributed by atoms with Gasteiger partial charge in [0.2, 0.25) is 0 Å². The lowest BCUT2D eigenvalue weighted by Gasteiger charge is -1.93. The molecule has 0 unspecified atom stereocenters. The van der Waals surface area contributed by atoms with E-state index >= 15 is 0 Å². The van der Waals surface area contributed by atoms with Crippen molar-refractivity contribution in [3.05, 3.63) is 30.2 Å². The summed E-state index contributed by atoms with van der Waals surface area (Å²) >= 11 is 0. The second-order valence-electron chi connectivity index (χ2n) is 2.67. The lowest BCUT2D eigenvalue weighted by Crippen LogP contribution is -1.86. The van der Waals surface area contributed by atoms with E-state index in [1.807, 2.05) is 29.9 Å². The normalized spacial score (nSPS) is 10.0. The van der Waals surface area contributed by atoms with E-state index in [2.05, 4.69) is 4.98 Å². The molecule has 3 heteroatoms. The van der Waals surface area contributed by atoms with Crippen LogP contribution in [-0.4, -0.2) is 9.55 Å². The van der Waals surface area contributed by atoms with Gasteiger partial charge in [0.05, 0.1) is 11.7 Å². The van der Waals surface area contributed by atoms with Crippen LogP contribution in [0.4, 0.5) is 0 Å². The van der Waals surface area contributed by atoms with Crippen LogP contribution in [0.3, 0.4) is 0 Å². The Morgan fingerprint density at radius 3 is 3.17 bits per heavy atom. The molecule has 12 heavy (non-hydrogen) atoms. The second kappa shape index (κ2) is 2.35. The number of hydrogen-bond acceptors (Lipinski definition) is 2. The van der Waals surface area contributed by atoms with Gasteiger partial charge < -0.3 is 4.57 Å². The van der Waals surface area contributed by atoms with Gasteiger partial charge in [0.1, 0.15) is 11.8 Å². The Bertz CT molecular complexity index is 462. The third-order valence-electron chi connectivity index (χ3n) is 1.89. The predicted octanol–water partition coefficient (Wildman–Crippen LogP) is 1.44. The number of hydrogen-bond donors (Lipinski definition) is 0. The third-order valence-corrected chi connectivity index (χ3v) is 1.89. The summed E-state index contributed by atoms with van der Waals surface area (Å²) in [6, 6.07) is 5.77. The van der Waals surface area contributed by atoms with Gasteiger partial charge in [-0.2, -0.15) is 5.26 Å². The van der Waals surface area contributed by atoms with Crippen LogP contribution in [0, 0.1) is 11.3 Å². The fourth-order valence-corrected chi connectivity index (χ4v) is 1.23. The predicted molar refractivity (Wildman–Crippen MR) is 45.4 cm³/mol. The van der Waals surface area contributed by atoms with Gasteiger partial charge in [-0.05, 0) is 12.1 Å². The standard InChI is InChI=1S/C9H7N3/c1-12-3-2-7-4-8(5-10)11-6-9(7)12/h2-4,6H,1H3. The summed E-state index contributed by atoms with van der Waals surface area (Å²) in [6.07, 6.45) is 3.67. The van der Waals surface area contributed by atoms with E-state index in [4.69, 9.17) is 5.26 Å². The van der Waals surface area contributed by atoms with E-state index < -0.39 is 0 Å². The molecule has 0 fully saturated rings. The smallest absolute Gasteiger partial charge is 0.141 e. The van der Waals surface area contributed by atoms with E-state index in [9.17, 15) is 0 Å². The van der Waals surface area contributed by atoms with Crippen molar-refractivity contribution in [2.24, 2.45) is 7.05 Å². The highest BCUT2D eigenvalue weighted by molar-refractivity contribution is 5.79. The maximum atomic E-state index is 8.58. The van der Waals surface area contributed by atoms with E-state index in [0.717, 1.165) is 10.9 Å². The lowest BCUT2D eigenvalue weighted by atomic mass is 10.3. The highest BCUT2D eigenvalue weighted by Gasteiger charge is 1.98. The summed E-state index contributed by atoms with van der Waals surface area (Å²) in [7, 11) is 1.95. The molecule has 0 atom stereocenters. The first-order valence-corrected chi connectivity index (χ1v) is 3.62. The first-order chi connectivity index (χ1) is 5.81. The van der Waals surface area contributed by atoms with E-state index in [-0.39, 0.29) is 0 Å². The van der Waals surface area contributed by atoms with E-state index in [1.165, 1.54) is 0 Å². The lowest BCUT2D eigenvalue weighted by molar-refractivity contribution is 0.964. The van der Waals surface area contributed by atoms with E-state index in [0.29, 0.717) is 5.69 Å². The van der Waals surface area contributed by atoms with Gasteiger partial charge in [-0.1, -0.05) is 0 Å². The number of aryl methyl sites for hydroxylation is 1. The fourth-order valence-electron chi connectivity index (χ4n) is 1.23. The number of fused-ring (bicyclic) bond motifs is 1. The molecule has 2 aromatic rings. The maximum absolute atomic E-state index is 8.58. The van der Waals surface area contributed by atoms with Crippen molar-refractivity contribution in [1.82, 2.24) is 9.55 Å². The van der Waals surface area contributed by atoms with Crippen molar-refractivity contribution in [1.29, 1.82) is 5.26 Å². The fraction of sp³-hybridized carbons (Fsp3) is 0.111. The highest BCUT2D eigenvalue weighted by atomic mass is 14.9. The van der Waals surface area contributed by atoms with Gasteiger partial charge in [-0.15, -0.1) is 0 Å². The summed E-state index contributed by atoms with van der Waals surface area (Å²) in [5.74, 6) is 0. The van der Waals surface area contributed by atoms with Crippen molar-refractivity contribution < 1.29 is 0 Å². The molecule has 0 N–H and O–H groups in total. The van der Waals surface area contributed by atoms with Gasteiger partial charge in [-0.25, -0.2) is 4.98 Å². The molecular formula is C9H7N3.